The molecule has 0 aliphatic rings. The number of non-ortho nitro benzene ring substituents is 1. The molecule has 0 N–H and O–H groups in total. The second kappa shape index (κ2) is 6.60. The van der Waals surface area contributed by atoms with E-state index in [1.807, 2.05) is 26.8 Å². The lowest BCUT2D eigenvalue weighted by Gasteiger charge is -2.19. The van der Waals surface area contributed by atoms with Gasteiger partial charge < -0.3 is 4.18 Å². The normalized spacial score (nSPS) is 12.0. The first-order chi connectivity index (χ1) is 11.1. The molecule has 24 heavy (non-hydrogen) atoms. The fourth-order valence-electron chi connectivity index (χ4n) is 2.11. The first-order valence-corrected chi connectivity index (χ1v) is 8.91. The van der Waals surface area contributed by atoms with Gasteiger partial charge in [-0.1, -0.05) is 45.0 Å². The second-order valence-electron chi connectivity index (χ2n) is 6.49. The lowest BCUT2D eigenvalue weighted by molar-refractivity contribution is -0.384. The van der Waals surface area contributed by atoms with Gasteiger partial charge in [0.25, 0.3) is 5.69 Å². The molecule has 0 aliphatic carbocycles. The van der Waals surface area contributed by atoms with Crippen LogP contribution in [0.25, 0.3) is 0 Å². The lowest BCUT2D eigenvalue weighted by Crippen LogP contribution is -2.14. The second-order valence-corrected chi connectivity index (χ2v) is 8.06. The van der Waals surface area contributed by atoms with Crippen LogP contribution >= 0.6 is 0 Å². The van der Waals surface area contributed by atoms with Gasteiger partial charge in [0, 0.05) is 12.1 Å². The molecule has 0 aliphatic heterocycles. The number of hydrogen-bond acceptors (Lipinski definition) is 5. The van der Waals surface area contributed by atoms with E-state index in [9.17, 15) is 18.5 Å². The Hall–Kier alpha value is -2.41. The van der Waals surface area contributed by atoms with E-state index in [0.29, 0.717) is 5.56 Å². The first kappa shape index (κ1) is 17.9. The van der Waals surface area contributed by atoms with Crippen LogP contribution < -0.4 is 4.18 Å². The van der Waals surface area contributed by atoms with Gasteiger partial charge in [-0.3, -0.25) is 10.1 Å². The smallest absolute Gasteiger partial charge is 0.313 e. The van der Waals surface area contributed by atoms with Crippen LogP contribution in [0.3, 0.4) is 0 Å². The largest absolute Gasteiger partial charge is 0.382 e. The number of nitro benzene ring substituents is 1. The molecule has 2 aromatic rings. The van der Waals surface area contributed by atoms with Crippen LogP contribution in [0.15, 0.2) is 48.5 Å². The zero-order valence-corrected chi connectivity index (χ0v) is 14.5. The van der Waals surface area contributed by atoms with Crippen molar-refractivity contribution in [3.8, 4) is 5.75 Å². The summed E-state index contributed by atoms with van der Waals surface area (Å²) < 4.78 is 29.5. The van der Waals surface area contributed by atoms with Crippen molar-refractivity contribution >= 4 is 15.8 Å². The predicted octanol–water partition coefficient (Wildman–Crippen LogP) is 3.80. The molecule has 0 bridgehead atoms. The third kappa shape index (κ3) is 4.79. The molecular formula is C17H19NO5S. The Labute approximate surface area is 141 Å². The molecule has 0 fully saturated rings. The summed E-state index contributed by atoms with van der Waals surface area (Å²) in [5, 5.41) is 10.6. The molecule has 7 heteroatoms. The summed E-state index contributed by atoms with van der Waals surface area (Å²) in [6.45, 7) is 6.08. The molecule has 0 spiro atoms. The first-order valence-electron chi connectivity index (χ1n) is 7.33. The predicted molar refractivity (Wildman–Crippen MR) is 91.5 cm³/mol. The van der Waals surface area contributed by atoms with E-state index in [1.165, 1.54) is 24.3 Å². The average molecular weight is 349 g/mol. The van der Waals surface area contributed by atoms with E-state index in [4.69, 9.17) is 4.18 Å². The van der Waals surface area contributed by atoms with E-state index in [0.717, 1.165) is 5.56 Å². The van der Waals surface area contributed by atoms with Crippen LogP contribution in [-0.4, -0.2) is 13.3 Å². The summed E-state index contributed by atoms with van der Waals surface area (Å²) in [4.78, 5) is 10.1. The van der Waals surface area contributed by atoms with Gasteiger partial charge in [-0.05, 0) is 28.7 Å². The topological polar surface area (TPSA) is 86.5 Å². The Kier molecular flexibility index (Phi) is 4.94. The van der Waals surface area contributed by atoms with Crippen molar-refractivity contribution in [1.29, 1.82) is 0 Å². The van der Waals surface area contributed by atoms with Gasteiger partial charge in [-0.15, -0.1) is 0 Å². The maximum Gasteiger partial charge on any atom is 0.313 e. The third-order valence-electron chi connectivity index (χ3n) is 3.41. The Balaban J connectivity index is 2.15. The summed E-state index contributed by atoms with van der Waals surface area (Å²) in [7, 11) is -3.85. The lowest BCUT2D eigenvalue weighted by atomic mass is 9.87. The minimum atomic E-state index is -3.85. The minimum absolute atomic E-state index is 0.0880. The standard InChI is InChI=1S/C17H19NO5S/c1-17(2,3)14-5-4-6-16(11-14)23-24(21,22)12-13-7-9-15(10-8-13)18(19)20/h4-11H,12H2,1-3H3. The molecule has 2 aromatic carbocycles. The summed E-state index contributed by atoms with van der Waals surface area (Å²) in [5.74, 6) is -0.102. The fraction of sp³-hybridized carbons (Fsp3) is 0.294. The zero-order chi connectivity index (χ0) is 18.0. The third-order valence-corrected chi connectivity index (χ3v) is 4.55. The van der Waals surface area contributed by atoms with Crippen LogP contribution in [0.5, 0.6) is 5.75 Å². The molecule has 0 aromatic heterocycles. The summed E-state index contributed by atoms with van der Waals surface area (Å²) >= 11 is 0. The monoisotopic (exact) mass is 349 g/mol. The van der Waals surface area contributed by atoms with Gasteiger partial charge in [0.1, 0.15) is 11.5 Å². The molecule has 0 radical (unpaired) electrons. The van der Waals surface area contributed by atoms with Crippen molar-refractivity contribution in [2.75, 3.05) is 0 Å². The highest BCUT2D eigenvalue weighted by Gasteiger charge is 2.18. The molecular weight excluding hydrogens is 330 g/mol. The number of rotatable bonds is 5. The molecule has 0 saturated carbocycles. The van der Waals surface area contributed by atoms with Gasteiger partial charge in [0.05, 0.1) is 4.92 Å². The fourth-order valence-corrected chi connectivity index (χ4v) is 3.17. The summed E-state index contributed by atoms with van der Waals surface area (Å²) in [6, 6.07) is 12.3. The Morgan fingerprint density at radius 1 is 1.08 bits per heavy atom. The van der Waals surface area contributed by atoms with Gasteiger partial charge >= 0.3 is 10.1 Å². The van der Waals surface area contributed by atoms with Crippen molar-refractivity contribution < 1.29 is 17.5 Å². The quantitative estimate of drug-likeness (QED) is 0.465. The van der Waals surface area contributed by atoms with E-state index < -0.39 is 15.0 Å². The Morgan fingerprint density at radius 3 is 2.25 bits per heavy atom. The zero-order valence-electron chi connectivity index (χ0n) is 13.7. The molecule has 128 valence electrons. The molecule has 6 nitrogen and oxygen atoms in total. The van der Waals surface area contributed by atoms with Crippen LogP contribution in [0, 0.1) is 10.1 Å². The Morgan fingerprint density at radius 2 is 1.71 bits per heavy atom. The number of benzene rings is 2. The van der Waals surface area contributed by atoms with Crippen molar-refractivity contribution in [3.05, 3.63) is 69.8 Å². The molecule has 0 saturated heterocycles. The highest BCUT2D eigenvalue weighted by molar-refractivity contribution is 7.86. The van der Waals surface area contributed by atoms with Crippen LogP contribution in [0.4, 0.5) is 5.69 Å². The van der Waals surface area contributed by atoms with Crippen LogP contribution in [-0.2, 0) is 21.3 Å². The molecule has 0 heterocycles. The molecule has 0 atom stereocenters. The summed E-state index contributed by atoms with van der Waals surface area (Å²) in [5.41, 5.74) is 1.18. The molecule has 2 rings (SSSR count). The van der Waals surface area contributed by atoms with Crippen molar-refractivity contribution in [2.45, 2.75) is 31.9 Å². The highest BCUT2D eigenvalue weighted by atomic mass is 32.2. The van der Waals surface area contributed by atoms with Crippen molar-refractivity contribution in [1.82, 2.24) is 0 Å². The average Bonchev–Trinajstić information content (AvgIpc) is 2.46. The molecule has 0 amide bonds. The minimum Gasteiger partial charge on any atom is -0.382 e. The SMILES string of the molecule is CC(C)(C)c1cccc(OS(=O)(=O)Cc2ccc([N+](=O)[O-])cc2)c1. The van der Waals surface area contributed by atoms with Gasteiger partial charge in [-0.25, -0.2) is 0 Å². The van der Waals surface area contributed by atoms with E-state index in [-0.39, 0.29) is 22.6 Å². The van der Waals surface area contributed by atoms with Crippen molar-refractivity contribution in [3.63, 3.8) is 0 Å². The Bertz CT molecular complexity index is 836. The number of nitrogens with zero attached hydrogens (tertiary/aromatic N) is 1. The number of hydrogen-bond donors (Lipinski definition) is 0. The van der Waals surface area contributed by atoms with Crippen LogP contribution in [0.1, 0.15) is 31.9 Å². The van der Waals surface area contributed by atoms with Crippen molar-refractivity contribution in [2.24, 2.45) is 0 Å². The maximum absolute atomic E-state index is 12.2. The maximum atomic E-state index is 12.2. The van der Waals surface area contributed by atoms with E-state index in [2.05, 4.69) is 0 Å². The molecule has 0 unspecified atom stereocenters. The highest BCUT2D eigenvalue weighted by Crippen LogP contribution is 2.26. The number of nitro groups is 1. The van der Waals surface area contributed by atoms with E-state index >= 15 is 0 Å². The van der Waals surface area contributed by atoms with E-state index in [1.54, 1.807) is 18.2 Å². The van der Waals surface area contributed by atoms with Gasteiger partial charge in [0.2, 0.25) is 0 Å². The van der Waals surface area contributed by atoms with Gasteiger partial charge in [0.15, 0.2) is 0 Å². The van der Waals surface area contributed by atoms with Crippen LogP contribution in [0.2, 0.25) is 0 Å². The van der Waals surface area contributed by atoms with Gasteiger partial charge in [-0.2, -0.15) is 8.42 Å². The summed E-state index contributed by atoms with van der Waals surface area (Å²) in [6.07, 6.45) is 0.